The summed E-state index contributed by atoms with van der Waals surface area (Å²) in [5, 5.41) is 0. The average Bonchev–Trinajstić information content (AvgIpc) is 2.60. The second kappa shape index (κ2) is 8.76. The summed E-state index contributed by atoms with van der Waals surface area (Å²) in [6, 6.07) is 14.6. The Morgan fingerprint density at radius 3 is 2.48 bits per heavy atom. The highest BCUT2D eigenvalue weighted by atomic mass is 16.5. The van der Waals surface area contributed by atoms with Crippen LogP contribution in [-0.2, 0) is 4.74 Å². The third-order valence-corrected chi connectivity index (χ3v) is 3.22. The lowest BCUT2D eigenvalue weighted by atomic mass is 10.1. The van der Waals surface area contributed by atoms with Crippen LogP contribution in [-0.4, -0.2) is 33.2 Å². The zero-order valence-corrected chi connectivity index (χ0v) is 13.3. The van der Waals surface area contributed by atoms with Gasteiger partial charge in [0.2, 0.25) is 0 Å². The molecule has 4 heteroatoms. The molecule has 0 N–H and O–H groups in total. The fraction of sp³-hybridized carbons (Fsp3) is 0.211. The number of methoxy groups -OCH3 is 2. The summed E-state index contributed by atoms with van der Waals surface area (Å²) in [6.45, 7) is 1.03. The second-order valence-corrected chi connectivity index (χ2v) is 4.84. The van der Waals surface area contributed by atoms with Crippen molar-refractivity contribution in [3.63, 3.8) is 0 Å². The molecule has 0 fully saturated rings. The van der Waals surface area contributed by atoms with Crippen molar-refractivity contribution in [3.8, 4) is 11.5 Å². The predicted octanol–water partition coefficient (Wildman–Crippen LogP) is 3.62. The first-order valence-electron chi connectivity index (χ1n) is 7.31. The molecule has 0 spiro atoms. The molecule has 2 aromatic rings. The molecule has 0 amide bonds. The lowest BCUT2D eigenvalue weighted by Crippen LogP contribution is -2.04. The predicted molar refractivity (Wildman–Crippen MR) is 90.2 cm³/mol. The maximum Gasteiger partial charge on any atom is 0.185 e. The Labute approximate surface area is 136 Å². The molecular weight excluding hydrogens is 292 g/mol. The maximum atomic E-state index is 12.1. The lowest BCUT2D eigenvalue weighted by molar-refractivity contribution is 0.104. The maximum absolute atomic E-state index is 12.1. The van der Waals surface area contributed by atoms with Gasteiger partial charge in [-0.2, -0.15) is 0 Å². The van der Waals surface area contributed by atoms with Crippen LogP contribution in [0.4, 0.5) is 0 Å². The van der Waals surface area contributed by atoms with Gasteiger partial charge in [-0.15, -0.1) is 0 Å². The Bertz CT molecular complexity index is 659. The van der Waals surface area contributed by atoms with Crippen LogP contribution in [0, 0.1) is 0 Å². The van der Waals surface area contributed by atoms with E-state index in [9.17, 15) is 4.79 Å². The summed E-state index contributed by atoms with van der Waals surface area (Å²) in [7, 11) is 3.23. The highest BCUT2D eigenvalue weighted by Crippen LogP contribution is 2.16. The Balaban J connectivity index is 2.00. The van der Waals surface area contributed by atoms with Crippen molar-refractivity contribution >= 4 is 11.9 Å². The van der Waals surface area contributed by atoms with E-state index >= 15 is 0 Å². The van der Waals surface area contributed by atoms with Gasteiger partial charge in [-0.3, -0.25) is 4.79 Å². The van der Waals surface area contributed by atoms with Crippen molar-refractivity contribution < 1.29 is 19.0 Å². The first-order valence-corrected chi connectivity index (χ1v) is 7.31. The van der Waals surface area contributed by atoms with Gasteiger partial charge in [0.1, 0.15) is 18.1 Å². The van der Waals surface area contributed by atoms with Crippen molar-refractivity contribution in [2.24, 2.45) is 0 Å². The fourth-order valence-corrected chi connectivity index (χ4v) is 1.97. The Kier molecular flexibility index (Phi) is 6.39. The zero-order valence-electron chi connectivity index (χ0n) is 13.3. The average molecular weight is 312 g/mol. The molecule has 2 aromatic carbocycles. The first-order chi connectivity index (χ1) is 11.2. The van der Waals surface area contributed by atoms with E-state index in [0.29, 0.717) is 18.8 Å². The van der Waals surface area contributed by atoms with Gasteiger partial charge >= 0.3 is 0 Å². The minimum Gasteiger partial charge on any atom is -0.497 e. The number of ether oxygens (including phenoxy) is 3. The number of hydrogen-bond donors (Lipinski definition) is 0. The van der Waals surface area contributed by atoms with Crippen LogP contribution in [0.2, 0.25) is 0 Å². The van der Waals surface area contributed by atoms with Gasteiger partial charge in [0.05, 0.1) is 13.7 Å². The molecule has 0 heterocycles. The highest BCUT2D eigenvalue weighted by molar-refractivity contribution is 6.06. The molecule has 0 unspecified atom stereocenters. The molecule has 0 aliphatic rings. The minimum absolute atomic E-state index is 0.0571. The summed E-state index contributed by atoms with van der Waals surface area (Å²) >= 11 is 0. The number of ketones is 1. The minimum atomic E-state index is -0.0571. The van der Waals surface area contributed by atoms with Gasteiger partial charge < -0.3 is 14.2 Å². The van der Waals surface area contributed by atoms with Crippen LogP contribution in [0.15, 0.2) is 54.6 Å². The van der Waals surface area contributed by atoms with Gasteiger partial charge in [-0.25, -0.2) is 0 Å². The second-order valence-electron chi connectivity index (χ2n) is 4.84. The number of rotatable bonds is 8. The summed E-state index contributed by atoms with van der Waals surface area (Å²) < 4.78 is 15.6. The van der Waals surface area contributed by atoms with Crippen molar-refractivity contribution in [2.45, 2.75) is 0 Å². The molecule has 0 saturated heterocycles. The van der Waals surface area contributed by atoms with Gasteiger partial charge in [0, 0.05) is 12.7 Å². The molecule has 4 nitrogen and oxygen atoms in total. The molecule has 0 radical (unpaired) electrons. The van der Waals surface area contributed by atoms with E-state index < -0.39 is 0 Å². The van der Waals surface area contributed by atoms with E-state index in [0.717, 1.165) is 17.1 Å². The highest BCUT2D eigenvalue weighted by Gasteiger charge is 2.02. The van der Waals surface area contributed by atoms with Crippen molar-refractivity contribution in [3.05, 3.63) is 65.7 Å². The van der Waals surface area contributed by atoms with Crippen LogP contribution in [0.5, 0.6) is 11.5 Å². The summed E-state index contributed by atoms with van der Waals surface area (Å²) in [4.78, 5) is 12.1. The van der Waals surface area contributed by atoms with Crippen molar-refractivity contribution in [1.29, 1.82) is 0 Å². The smallest absolute Gasteiger partial charge is 0.185 e. The van der Waals surface area contributed by atoms with E-state index in [1.807, 2.05) is 24.3 Å². The van der Waals surface area contributed by atoms with Crippen LogP contribution in [0.1, 0.15) is 15.9 Å². The molecule has 0 bridgehead atoms. The SMILES string of the molecule is COCCOc1cccc(C=CC(=O)c2ccc(OC)cc2)c1. The molecule has 23 heavy (non-hydrogen) atoms. The number of hydrogen-bond acceptors (Lipinski definition) is 4. The van der Waals surface area contributed by atoms with E-state index in [-0.39, 0.29) is 5.78 Å². The molecular formula is C19H20O4. The lowest BCUT2D eigenvalue weighted by Gasteiger charge is -2.05. The molecule has 0 aromatic heterocycles. The topological polar surface area (TPSA) is 44.8 Å². The largest absolute Gasteiger partial charge is 0.497 e. The Morgan fingerprint density at radius 1 is 1.00 bits per heavy atom. The third-order valence-electron chi connectivity index (χ3n) is 3.22. The van der Waals surface area contributed by atoms with Gasteiger partial charge in [-0.05, 0) is 48.0 Å². The van der Waals surface area contributed by atoms with E-state index in [4.69, 9.17) is 14.2 Å². The zero-order chi connectivity index (χ0) is 16.5. The van der Waals surface area contributed by atoms with Crippen LogP contribution >= 0.6 is 0 Å². The number of allylic oxidation sites excluding steroid dienone is 1. The van der Waals surface area contributed by atoms with Crippen molar-refractivity contribution in [2.75, 3.05) is 27.4 Å². The molecule has 0 aliphatic heterocycles. The standard InChI is InChI=1S/C19H20O4/c1-21-12-13-23-18-5-3-4-15(14-18)6-11-19(20)16-7-9-17(22-2)10-8-16/h3-11,14H,12-13H2,1-2H3. The van der Waals surface area contributed by atoms with Crippen LogP contribution in [0.25, 0.3) is 6.08 Å². The summed E-state index contributed by atoms with van der Waals surface area (Å²) in [5.74, 6) is 1.42. The number of carbonyl (C=O) groups is 1. The molecule has 0 atom stereocenters. The monoisotopic (exact) mass is 312 g/mol. The van der Waals surface area contributed by atoms with Gasteiger partial charge in [-0.1, -0.05) is 18.2 Å². The van der Waals surface area contributed by atoms with E-state index in [1.54, 1.807) is 50.6 Å². The van der Waals surface area contributed by atoms with Crippen LogP contribution < -0.4 is 9.47 Å². The molecule has 2 rings (SSSR count). The Hall–Kier alpha value is -2.59. The van der Waals surface area contributed by atoms with Gasteiger partial charge in [0.15, 0.2) is 5.78 Å². The number of benzene rings is 2. The first kappa shape index (κ1) is 16.8. The van der Waals surface area contributed by atoms with Crippen molar-refractivity contribution in [1.82, 2.24) is 0 Å². The van der Waals surface area contributed by atoms with E-state index in [1.165, 1.54) is 0 Å². The van der Waals surface area contributed by atoms with E-state index in [2.05, 4.69) is 0 Å². The van der Waals surface area contributed by atoms with Crippen LogP contribution in [0.3, 0.4) is 0 Å². The Morgan fingerprint density at radius 2 is 1.78 bits per heavy atom. The van der Waals surface area contributed by atoms with Gasteiger partial charge in [0.25, 0.3) is 0 Å². The molecule has 120 valence electrons. The quantitative estimate of drug-likeness (QED) is 0.424. The summed E-state index contributed by atoms with van der Waals surface area (Å²) in [6.07, 6.45) is 3.33. The molecule has 0 aliphatic carbocycles. The number of carbonyl (C=O) groups excluding carboxylic acids is 1. The normalized spacial score (nSPS) is 10.7. The third kappa shape index (κ3) is 5.27. The molecule has 0 saturated carbocycles. The summed E-state index contributed by atoms with van der Waals surface area (Å²) in [5.41, 5.74) is 1.52. The fourth-order valence-electron chi connectivity index (χ4n) is 1.97.